The second-order valence-electron chi connectivity index (χ2n) is 7.97. The molecule has 1 aliphatic heterocycles. The van der Waals surface area contributed by atoms with E-state index in [1.165, 1.54) is 4.90 Å². The number of nitrogens with one attached hydrogen (secondary N) is 1. The van der Waals surface area contributed by atoms with Crippen molar-refractivity contribution in [3.8, 4) is 5.75 Å². The van der Waals surface area contributed by atoms with Gasteiger partial charge in [-0.1, -0.05) is 37.3 Å². The van der Waals surface area contributed by atoms with Crippen molar-refractivity contribution in [2.75, 3.05) is 63.1 Å². The first-order valence-corrected chi connectivity index (χ1v) is 11.3. The molecule has 7 heteroatoms. The molecule has 1 saturated heterocycles. The number of piperazine rings is 1. The van der Waals surface area contributed by atoms with Gasteiger partial charge in [-0.2, -0.15) is 0 Å². The Bertz CT molecular complexity index is 910. The predicted octanol–water partition coefficient (Wildman–Crippen LogP) is 2.87. The highest BCUT2D eigenvalue weighted by molar-refractivity contribution is 5.95. The SMILES string of the molecule is CCOc1ccccc1N1CCN(CC(=O)N(C)CC(=O)Nc2ccccc2CC)CC1. The van der Waals surface area contributed by atoms with E-state index < -0.39 is 0 Å². The summed E-state index contributed by atoms with van der Waals surface area (Å²) in [4.78, 5) is 31.1. The monoisotopic (exact) mass is 438 g/mol. The Kier molecular flexibility index (Phi) is 8.50. The van der Waals surface area contributed by atoms with Crippen molar-refractivity contribution in [1.82, 2.24) is 9.80 Å². The molecule has 0 radical (unpaired) electrons. The lowest BCUT2D eigenvalue weighted by molar-refractivity contribution is -0.134. The van der Waals surface area contributed by atoms with Gasteiger partial charge in [0.2, 0.25) is 11.8 Å². The molecular weight excluding hydrogens is 404 g/mol. The van der Waals surface area contributed by atoms with Crippen molar-refractivity contribution < 1.29 is 14.3 Å². The van der Waals surface area contributed by atoms with Crippen molar-refractivity contribution in [3.05, 3.63) is 54.1 Å². The molecule has 3 rings (SSSR count). The predicted molar refractivity (Wildman–Crippen MR) is 128 cm³/mol. The zero-order valence-electron chi connectivity index (χ0n) is 19.3. The minimum Gasteiger partial charge on any atom is -0.492 e. The van der Waals surface area contributed by atoms with Crippen molar-refractivity contribution in [1.29, 1.82) is 0 Å². The second-order valence-corrected chi connectivity index (χ2v) is 7.97. The number of nitrogens with zero attached hydrogens (tertiary/aromatic N) is 3. The summed E-state index contributed by atoms with van der Waals surface area (Å²) in [5.41, 5.74) is 2.99. The van der Waals surface area contributed by atoms with Gasteiger partial charge >= 0.3 is 0 Å². The van der Waals surface area contributed by atoms with Gasteiger partial charge in [-0.05, 0) is 37.1 Å². The van der Waals surface area contributed by atoms with Gasteiger partial charge in [-0.25, -0.2) is 0 Å². The largest absolute Gasteiger partial charge is 0.492 e. The number of benzene rings is 2. The van der Waals surface area contributed by atoms with Crippen LogP contribution in [0.4, 0.5) is 11.4 Å². The van der Waals surface area contributed by atoms with Crippen LogP contribution in [0.2, 0.25) is 0 Å². The van der Waals surface area contributed by atoms with E-state index in [4.69, 9.17) is 4.74 Å². The molecule has 0 unspecified atom stereocenters. The number of aryl methyl sites for hydroxylation is 1. The molecule has 1 fully saturated rings. The third-order valence-electron chi connectivity index (χ3n) is 5.72. The number of ether oxygens (including phenoxy) is 1. The van der Waals surface area contributed by atoms with Crippen LogP contribution in [0.25, 0.3) is 0 Å². The van der Waals surface area contributed by atoms with Crippen LogP contribution in [-0.4, -0.2) is 74.5 Å². The summed E-state index contributed by atoms with van der Waals surface area (Å²) >= 11 is 0. The first-order chi connectivity index (χ1) is 15.5. The summed E-state index contributed by atoms with van der Waals surface area (Å²) in [6, 6.07) is 15.8. The Balaban J connectivity index is 1.47. The lowest BCUT2D eigenvalue weighted by atomic mass is 10.1. The van der Waals surface area contributed by atoms with Crippen molar-refractivity contribution >= 4 is 23.2 Å². The number of carbonyl (C=O) groups excluding carboxylic acids is 2. The van der Waals surface area contributed by atoms with E-state index >= 15 is 0 Å². The molecule has 0 bridgehead atoms. The van der Waals surface area contributed by atoms with Gasteiger partial charge in [-0.15, -0.1) is 0 Å². The molecule has 2 aromatic carbocycles. The van der Waals surface area contributed by atoms with Gasteiger partial charge in [0.05, 0.1) is 25.4 Å². The molecule has 0 spiro atoms. The normalized spacial score (nSPS) is 14.2. The molecule has 1 aliphatic rings. The Labute approximate surface area is 190 Å². The fraction of sp³-hybridized carbons (Fsp3) is 0.440. The molecule has 2 aromatic rings. The van der Waals surface area contributed by atoms with E-state index in [9.17, 15) is 9.59 Å². The zero-order valence-corrected chi connectivity index (χ0v) is 19.3. The fourth-order valence-electron chi connectivity index (χ4n) is 3.90. The molecular formula is C25H34N4O3. The van der Waals surface area contributed by atoms with Crippen LogP contribution in [0, 0.1) is 0 Å². The average Bonchev–Trinajstić information content (AvgIpc) is 2.80. The van der Waals surface area contributed by atoms with Crippen molar-refractivity contribution in [2.45, 2.75) is 20.3 Å². The van der Waals surface area contributed by atoms with E-state index in [-0.39, 0.29) is 18.4 Å². The van der Waals surface area contributed by atoms with Gasteiger partial charge in [0, 0.05) is 38.9 Å². The van der Waals surface area contributed by atoms with E-state index in [2.05, 4.69) is 28.1 Å². The van der Waals surface area contributed by atoms with Gasteiger partial charge in [0.15, 0.2) is 0 Å². The number of carbonyl (C=O) groups is 2. The van der Waals surface area contributed by atoms with Crippen LogP contribution in [0.1, 0.15) is 19.4 Å². The van der Waals surface area contributed by atoms with Crippen molar-refractivity contribution in [2.24, 2.45) is 0 Å². The Hall–Kier alpha value is -3.06. The maximum atomic E-state index is 12.7. The molecule has 2 amide bonds. The maximum Gasteiger partial charge on any atom is 0.243 e. The minimum absolute atomic E-state index is 0.0403. The third-order valence-corrected chi connectivity index (χ3v) is 5.72. The van der Waals surface area contributed by atoms with E-state index in [1.54, 1.807) is 7.05 Å². The number of anilines is 2. The molecule has 7 nitrogen and oxygen atoms in total. The second kappa shape index (κ2) is 11.5. The molecule has 1 N–H and O–H groups in total. The lowest BCUT2D eigenvalue weighted by Gasteiger charge is -2.36. The molecule has 0 aliphatic carbocycles. The van der Waals surface area contributed by atoms with Crippen LogP contribution in [-0.2, 0) is 16.0 Å². The molecule has 0 atom stereocenters. The summed E-state index contributed by atoms with van der Waals surface area (Å²) in [5.74, 6) is 0.668. The van der Waals surface area contributed by atoms with Crippen LogP contribution in [0.3, 0.4) is 0 Å². The molecule has 1 heterocycles. The summed E-state index contributed by atoms with van der Waals surface area (Å²) in [7, 11) is 1.68. The number of hydrogen-bond donors (Lipinski definition) is 1. The quantitative estimate of drug-likeness (QED) is 0.652. The first kappa shape index (κ1) is 23.6. The standard InChI is InChI=1S/C25H34N4O3/c1-4-20-10-6-7-11-21(20)26-24(30)18-27(3)25(31)19-28-14-16-29(17-15-28)22-12-8-9-13-23(22)32-5-2/h6-13H,4-5,14-19H2,1-3H3,(H,26,30). The summed E-state index contributed by atoms with van der Waals surface area (Å²) < 4.78 is 5.75. The maximum absolute atomic E-state index is 12.7. The molecule has 172 valence electrons. The Morgan fingerprint density at radius 3 is 2.41 bits per heavy atom. The average molecular weight is 439 g/mol. The smallest absolute Gasteiger partial charge is 0.243 e. The fourth-order valence-corrected chi connectivity index (χ4v) is 3.90. The highest BCUT2D eigenvalue weighted by Gasteiger charge is 2.23. The topological polar surface area (TPSA) is 65.1 Å². The molecule has 0 saturated carbocycles. The third kappa shape index (κ3) is 6.23. The van der Waals surface area contributed by atoms with Gasteiger partial charge in [0.1, 0.15) is 5.75 Å². The summed E-state index contributed by atoms with van der Waals surface area (Å²) in [6.45, 7) is 8.26. The van der Waals surface area contributed by atoms with E-state index in [0.29, 0.717) is 13.2 Å². The van der Waals surface area contributed by atoms with Crippen LogP contribution in [0.5, 0.6) is 5.75 Å². The Morgan fingerprint density at radius 1 is 1.00 bits per heavy atom. The summed E-state index contributed by atoms with van der Waals surface area (Å²) in [5, 5.41) is 2.93. The first-order valence-electron chi connectivity index (χ1n) is 11.3. The number of rotatable bonds is 9. The number of para-hydroxylation sites is 3. The highest BCUT2D eigenvalue weighted by Crippen LogP contribution is 2.28. The summed E-state index contributed by atoms with van der Waals surface area (Å²) in [6.07, 6.45) is 0.840. The van der Waals surface area contributed by atoms with Gasteiger partial charge in [0.25, 0.3) is 0 Å². The van der Waals surface area contributed by atoms with E-state index in [1.807, 2.05) is 49.4 Å². The van der Waals surface area contributed by atoms with Crippen LogP contribution in [0.15, 0.2) is 48.5 Å². The van der Waals surface area contributed by atoms with Gasteiger partial charge < -0.3 is 19.9 Å². The molecule has 0 aromatic heterocycles. The Morgan fingerprint density at radius 2 is 1.69 bits per heavy atom. The van der Waals surface area contributed by atoms with Gasteiger partial charge in [-0.3, -0.25) is 14.5 Å². The number of amides is 2. The lowest BCUT2D eigenvalue weighted by Crippen LogP contribution is -2.50. The van der Waals surface area contributed by atoms with Crippen LogP contribution < -0.4 is 15.0 Å². The van der Waals surface area contributed by atoms with Crippen LogP contribution >= 0.6 is 0 Å². The number of likely N-dealkylation sites (N-methyl/N-ethyl adjacent to an activating group) is 1. The minimum atomic E-state index is -0.181. The van der Waals surface area contributed by atoms with E-state index in [0.717, 1.165) is 55.3 Å². The highest BCUT2D eigenvalue weighted by atomic mass is 16.5. The zero-order chi connectivity index (χ0) is 22.9. The molecule has 32 heavy (non-hydrogen) atoms. The van der Waals surface area contributed by atoms with Crippen molar-refractivity contribution in [3.63, 3.8) is 0 Å². The number of hydrogen-bond acceptors (Lipinski definition) is 5.